The van der Waals surface area contributed by atoms with Crippen LogP contribution in [0.3, 0.4) is 0 Å². The van der Waals surface area contributed by atoms with Crippen molar-refractivity contribution in [3.05, 3.63) is 35.9 Å². The Kier molecular flexibility index (Phi) is 9.92. The van der Waals surface area contributed by atoms with Gasteiger partial charge in [0, 0.05) is 19.8 Å². The Morgan fingerprint density at radius 1 is 1.17 bits per heavy atom. The molecule has 0 spiro atoms. The zero-order valence-electron chi connectivity index (χ0n) is 13.7. The van der Waals surface area contributed by atoms with Crippen LogP contribution in [0.15, 0.2) is 30.3 Å². The lowest BCUT2D eigenvalue weighted by Crippen LogP contribution is -2.47. The number of unbranched alkanes of at least 4 members (excludes halogenated alkanes) is 2. The van der Waals surface area contributed by atoms with Crippen molar-refractivity contribution in [1.29, 1.82) is 0 Å². The lowest BCUT2D eigenvalue weighted by Gasteiger charge is -2.26. The highest BCUT2D eigenvalue weighted by atomic mass is 35.5. The molecule has 1 saturated heterocycles. The number of carbonyl (C=O) groups excluding carboxylic acids is 1. The SMILES string of the molecule is Cl.NC(C(=O)NCCCCCc1ccccc1)C1CCOCC1. The van der Waals surface area contributed by atoms with E-state index in [4.69, 9.17) is 10.5 Å². The molecular weight excluding hydrogens is 312 g/mol. The van der Waals surface area contributed by atoms with Gasteiger partial charge in [0.1, 0.15) is 0 Å². The fourth-order valence-corrected chi connectivity index (χ4v) is 2.89. The van der Waals surface area contributed by atoms with Crippen molar-refractivity contribution >= 4 is 18.3 Å². The van der Waals surface area contributed by atoms with Gasteiger partial charge in [0.05, 0.1) is 6.04 Å². The van der Waals surface area contributed by atoms with Crippen LogP contribution in [0.4, 0.5) is 0 Å². The van der Waals surface area contributed by atoms with Crippen molar-refractivity contribution in [2.75, 3.05) is 19.8 Å². The highest BCUT2D eigenvalue weighted by Crippen LogP contribution is 2.17. The number of carbonyl (C=O) groups is 1. The summed E-state index contributed by atoms with van der Waals surface area (Å²) in [6.07, 6.45) is 6.19. The molecule has 0 bridgehead atoms. The number of ether oxygens (including phenoxy) is 1. The van der Waals surface area contributed by atoms with E-state index in [1.165, 1.54) is 5.56 Å². The second-order valence-electron chi connectivity index (χ2n) is 6.06. The predicted octanol–water partition coefficient (Wildman–Crippen LogP) is 2.69. The lowest BCUT2D eigenvalue weighted by molar-refractivity contribution is -0.124. The van der Waals surface area contributed by atoms with Gasteiger partial charge in [0.25, 0.3) is 0 Å². The minimum absolute atomic E-state index is 0. The Bertz CT molecular complexity index is 436. The van der Waals surface area contributed by atoms with E-state index in [0.717, 1.165) is 58.3 Å². The quantitative estimate of drug-likeness (QED) is 0.715. The monoisotopic (exact) mass is 340 g/mol. The summed E-state index contributed by atoms with van der Waals surface area (Å²) >= 11 is 0. The van der Waals surface area contributed by atoms with Crippen LogP contribution in [0.25, 0.3) is 0 Å². The summed E-state index contributed by atoms with van der Waals surface area (Å²) in [5.74, 6) is 0.266. The number of nitrogens with one attached hydrogen (secondary N) is 1. The first-order chi connectivity index (χ1) is 10.8. The highest BCUT2D eigenvalue weighted by Gasteiger charge is 2.26. The zero-order chi connectivity index (χ0) is 15.6. The fraction of sp³-hybridized carbons (Fsp3) is 0.611. The van der Waals surface area contributed by atoms with E-state index in [1.54, 1.807) is 0 Å². The first-order valence-electron chi connectivity index (χ1n) is 8.42. The lowest BCUT2D eigenvalue weighted by atomic mass is 9.92. The topological polar surface area (TPSA) is 64.4 Å². The third-order valence-electron chi connectivity index (χ3n) is 4.36. The maximum atomic E-state index is 12.0. The van der Waals surface area contributed by atoms with Crippen LogP contribution in [-0.4, -0.2) is 31.7 Å². The first kappa shape index (κ1) is 19.9. The maximum absolute atomic E-state index is 12.0. The first-order valence-corrected chi connectivity index (χ1v) is 8.42. The molecule has 1 amide bonds. The van der Waals surface area contributed by atoms with E-state index in [1.807, 2.05) is 6.07 Å². The summed E-state index contributed by atoms with van der Waals surface area (Å²) in [7, 11) is 0. The Hall–Kier alpha value is -1.10. The molecule has 1 aromatic rings. The molecule has 130 valence electrons. The summed E-state index contributed by atoms with van der Waals surface area (Å²) in [6.45, 7) is 2.18. The number of hydrogen-bond donors (Lipinski definition) is 2. The molecule has 1 aromatic carbocycles. The van der Waals surface area contributed by atoms with E-state index in [9.17, 15) is 4.79 Å². The van der Waals surface area contributed by atoms with Crippen molar-refractivity contribution in [2.45, 2.75) is 44.6 Å². The fourth-order valence-electron chi connectivity index (χ4n) is 2.89. The minimum atomic E-state index is -0.381. The van der Waals surface area contributed by atoms with E-state index in [0.29, 0.717) is 0 Å². The van der Waals surface area contributed by atoms with Crippen LogP contribution in [0.2, 0.25) is 0 Å². The zero-order valence-corrected chi connectivity index (χ0v) is 14.5. The van der Waals surface area contributed by atoms with Gasteiger partial charge in [0.15, 0.2) is 0 Å². The number of amides is 1. The molecule has 4 nitrogen and oxygen atoms in total. The van der Waals surface area contributed by atoms with Crippen LogP contribution >= 0.6 is 12.4 Å². The molecule has 1 heterocycles. The number of rotatable bonds is 8. The van der Waals surface area contributed by atoms with Gasteiger partial charge < -0.3 is 15.8 Å². The molecule has 0 radical (unpaired) electrons. The van der Waals surface area contributed by atoms with Gasteiger partial charge in [-0.3, -0.25) is 4.79 Å². The third kappa shape index (κ3) is 7.34. The highest BCUT2D eigenvalue weighted by molar-refractivity contribution is 5.85. The van der Waals surface area contributed by atoms with E-state index < -0.39 is 0 Å². The number of benzene rings is 1. The largest absolute Gasteiger partial charge is 0.381 e. The van der Waals surface area contributed by atoms with Gasteiger partial charge in [-0.1, -0.05) is 36.8 Å². The van der Waals surface area contributed by atoms with Crippen LogP contribution in [0.1, 0.15) is 37.7 Å². The Balaban J connectivity index is 0.00000264. The number of nitrogens with two attached hydrogens (primary N) is 1. The molecule has 1 aliphatic rings. The molecule has 0 saturated carbocycles. The predicted molar refractivity (Wildman–Crippen MR) is 95.8 cm³/mol. The standard InChI is InChI=1S/C18H28N2O2.ClH/c19-17(16-10-13-22-14-11-16)18(21)20-12-6-2-5-9-15-7-3-1-4-8-15;/h1,3-4,7-8,16-17H,2,5-6,9-14,19H2,(H,20,21);1H. The molecule has 1 unspecified atom stereocenters. The van der Waals surface area contributed by atoms with Crippen LogP contribution in [0, 0.1) is 5.92 Å². The molecule has 1 atom stereocenters. The number of hydrogen-bond acceptors (Lipinski definition) is 3. The molecule has 0 aromatic heterocycles. The minimum Gasteiger partial charge on any atom is -0.381 e. The second-order valence-corrected chi connectivity index (χ2v) is 6.06. The van der Waals surface area contributed by atoms with Gasteiger partial charge in [-0.15, -0.1) is 12.4 Å². The maximum Gasteiger partial charge on any atom is 0.237 e. The van der Waals surface area contributed by atoms with Crippen molar-refractivity contribution in [1.82, 2.24) is 5.32 Å². The Morgan fingerprint density at radius 2 is 1.87 bits per heavy atom. The Morgan fingerprint density at radius 3 is 2.57 bits per heavy atom. The molecule has 5 heteroatoms. The van der Waals surface area contributed by atoms with Gasteiger partial charge in [0.2, 0.25) is 5.91 Å². The molecule has 2 rings (SSSR count). The van der Waals surface area contributed by atoms with Crippen molar-refractivity contribution in [3.63, 3.8) is 0 Å². The number of halogens is 1. The summed E-state index contributed by atoms with van der Waals surface area (Å²) in [6, 6.07) is 10.1. The van der Waals surface area contributed by atoms with Gasteiger partial charge in [-0.2, -0.15) is 0 Å². The smallest absolute Gasteiger partial charge is 0.237 e. The van der Waals surface area contributed by atoms with Crippen molar-refractivity contribution < 1.29 is 9.53 Å². The van der Waals surface area contributed by atoms with Crippen LogP contribution in [-0.2, 0) is 16.0 Å². The summed E-state index contributed by atoms with van der Waals surface area (Å²) in [5.41, 5.74) is 7.42. The molecular formula is C18H29ClN2O2. The molecule has 3 N–H and O–H groups in total. The van der Waals surface area contributed by atoms with E-state index in [-0.39, 0.29) is 30.3 Å². The van der Waals surface area contributed by atoms with Crippen molar-refractivity contribution in [3.8, 4) is 0 Å². The van der Waals surface area contributed by atoms with E-state index >= 15 is 0 Å². The molecule has 1 fully saturated rings. The molecule has 0 aliphatic carbocycles. The van der Waals surface area contributed by atoms with Crippen LogP contribution < -0.4 is 11.1 Å². The van der Waals surface area contributed by atoms with Gasteiger partial charge in [-0.25, -0.2) is 0 Å². The second kappa shape index (κ2) is 11.4. The molecule has 23 heavy (non-hydrogen) atoms. The third-order valence-corrected chi connectivity index (χ3v) is 4.36. The van der Waals surface area contributed by atoms with Gasteiger partial charge in [-0.05, 0) is 43.6 Å². The summed E-state index contributed by atoms with van der Waals surface area (Å²) in [5, 5.41) is 2.97. The van der Waals surface area contributed by atoms with Gasteiger partial charge >= 0.3 is 0 Å². The Labute approximate surface area is 145 Å². The molecule has 1 aliphatic heterocycles. The average molecular weight is 341 g/mol. The summed E-state index contributed by atoms with van der Waals surface area (Å²) in [4.78, 5) is 12.0. The van der Waals surface area contributed by atoms with Crippen LogP contribution in [0.5, 0.6) is 0 Å². The van der Waals surface area contributed by atoms with E-state index in [2.05, 4.69) is 29.6 Å². The summed E-state index contributed by atoms with van der Waals surface area (Å²) < 4.78 is 5.30. The number of aryl methyl sites for hydroxylation is 1. The van der Waals surface area contributed by atoms with Crippen molar-refractivity contribution in [2.24, 2.45) is 11.7 Å². The normalized spacial score (nSPS) is 16.4. The average Bonchev–Trinajstić information content (AvgIpc) is 2.58.